The van der Waals surface area contributed by atoms with Crippen LogP contribution in [0.5, 0.6) is 5.88 Å². The topological polar surface area (TPSA) is 80.9 Å². The number of rotatable bonds is 5. The van der Waals surface area contributed by atoms with Gasteiger partial charge in [-0.2, -0.15) is 0 Å². The van der Waals surface area contributed by atoms with Gasteiger partial charge in [0.25, 0.3) is 0 Å². The standard InChI is InChI=1S/C23H32N4O3.C2H6/c1-5-29-21-19(7-6-10-25-21)17-8-9-20(18(15-17)16-24)26-11-13-27(14-12-26)22(28)30-23(2,3)4;1-2/h6-10,15H,5,11-14,16,24H2,1-4H3;1-2H3. The van der Waals surface area contributed by atoms with E-state index in [1.54, 1.807) is 11.1 Å². The molecule has 1 amide bonds. The number of hydrogen-bond acceptors (Lipinski definition) is 6. The zero-order valence-corrected chi connectivity index (χ0v) is 20.4. The lowest BCUT2D eigenvalue weighted by Crippen LogP contribution is -2.50. The lowest BCUT2D eigenvalue weighted by atomic mass is 10.0. The van der Waals surface area contributed by atoms with Gasteiger partial charge in [-0.25, -0.2) is 9.78 Å². The molecule has 32 heavy (non-hydrogen) atoms. The summed E-state index contributed by atoms with van der Waals surface area (Å²) in [5, 5.41) is 0. The van der Waals surface area contributed by atoms with E-state index in [4.69, 9.17) is 15.2 Å². The molecule has 1 aliphatic heterocycles. The summed E-state index contributed by atoms with van der Waals surface area (Å²) in [6.07, 6.45) is 1.48. The Kier molecular flexibility index (Phi) is 9.32. The molecule has 0 unspecified atom stereocenters. The van der Waals surface area contributed by atoms with E-state index in [0.717, 1.165) is 35.5 Å². The third-order valence-electron chi connectivity index (χ3n) is 4.93. The number of carbonyl (C=O) groups excluding carboxylic acids is 1. The smallest absolute Gasteiger partial charge is 0.410 e. The summed E-state index contributed by atoms with van der Waals surface area (Å²) in [5.74, 6) is 0.627. The minimum absolute atomic E-state index is 0.253. The molecule has 1 aliphatic rings. The summed E-state index contributed by atoms with van der Waals surface area (Å²) in [6.45, 7) is 15.3. The van der Waals surface area contributed by atoms with E-state index in [1.165, 1.54) is 0 Å². The molecule has 2 aromatic rings. The number of amides is 1. The van der Waals surface area contributed by atoms with Crippen LogP contribution in [0.4, 0.5) is 10.5 Å². The van der Waals surface area contributed by atoms with Crippen molar-refractivity contribution in [1.29, 1.82) is 0 Å². The minimum Gasteiger partial charge on any atom is -0.478 e. The number of pyridine rings is 1. The number of aromatic nitrogens is 1. The first-order chi connectivity index (χ1) is 15.3. The van der Waals surface area contributed by atoms with E-state index in [-0.39, 0.29) is 6.09 Å². The summed E-state index contributed by atoms with van der Waals surface area (Å²) < 4.78 is 11.2. The first-order valence-electron chi connectivity index (χ1n) is 11.5. The van der Waals surface area contributed by atoms with Crippen molar-refractivity contribution in [2.24, 2.45) is 5.73 Å². The van der Waals surface area contributed by atoms with E-state index in [9.17, 15) is 4.79 Å². The maximum absolute atomic E-state index is 12.3. The van der Waals surface area contributed by atoms with E-state index < -0.39 is 5.60 Å². The number of ether oxygens (including phenoxy) is 2. The van der Waals surface area contributed by atoms with Gasteiger partial charge in [-0.3, -0.25) is 0 Å². The quantitative estimate of drug-likeness (QED) is 0.724. The number of benzene rings is 1. The second-order valence-corrected chi connectivity index (χ2v) is 8.29. The van der Waals surface area contributed by atoms with Crippen LogP contribution in [-0.4, -0.2) is 54.4 Å². The van der Waals surface area contributed by atoms with E-state index in [2.05, 4.69) is 28.1 Å². The van der Waals surface area contributed by atoms with Crippen molar-refractivity contribution in [2.75, 3.05) is 37.7 Å². The molecule has 1 aromatic carbocycles. The Morgan fingerprint density at radius 2 is 1.81 bits per heavy atom. The fraction of sp³-hybridized carbons (Fsp3) is 0.520. The number of anilines is 1. The van der Waals surface area contributed by atoms with Crippen molar-refractivity contribution in [2.45, 2.75) is 53.7 Å². The van der Waals surface area contributed by atoms with Crippen molar-refractivity contribution in [3.05, 3.63) is 42.1 Å². The largest absolute Gasteiger partial charge is 0.478 e. The minimum atomic E-state index is -0.483. The predicted octanol–water partition coefficient (Wildman–Crippen LogP) is 4.69. The van der Waals surface area contributed by atoms with E-state index >= 15 is 0 Å². The molecule has 1 fully saturated rings. The second kappa shape index (κ2) is 11.7. The molecule has 0 atom stereocenters. The molecule has 3 rings (SSSR count). The number of carbonyl (C=O) groups is 1. The van der Waals surface area contributed by atoms with Gasteiger partial charge in [0.1, 0.15) is 5.60 Å². The van der Waals surface area contributed by atoms with Crippen molar-refractivity contribution < 1.29 is 14.3 Å². The molecular formula is C25H38N4O3. The molecule has 0 saturated carbocycles. The Morgan fingerprint density at radius 3 is 2.41 bits per heavy atom. The monoisotopic (exact) mass is 442 g/mol. The number of nitrogens with two attached hydrogens (primary N) is 1. The highest BCUT2D eigenvalue weighted by atomic mass is 16.6. The van der Waals surface area contributed by atoms with Gasteiger partial charge in [-0.05, 0) is 63.1 Å². The molecule has 7 nitrogen and oxygen atoms in total. The van der Waals surface area contributed by atoms with Gasteiger partial charge < -0.3 is 25.0 Å². The van der Waals surface area contributed by atoms with E-state index in [0.29, 0.717) is 32.1 Å². The molecule has 2 N–H and O–H groups in total. The average Bonchev–Trinajstić information content (AvgIpc) is 2.79. The fourth-order valence-electron chi connectivity index (χ4n) is 3.54. The highest BCUT2D eigenvalue weighted by Gasteiger charge is 2.26. The maximum atomic E-state index is 12.3. The van der Waals surface area contributed by atoms with Crippen LogP contribution in [0, 0.1) is 0 Å². The number of hydrogen-bond donors (Lipinski definition) is 1. The lowest BCUT2D eigenvalue weighted by molar-refractivity contribution is 0.0240. The van der Waals surface area contributed by atoms with Gasteiger partial charge >= 0.3 is 6.09 Å². The average molecular weight is 443 g/mol. The Labute approximate surface area is 192 Å². The molecule has 0 aliphatic carbocycles. The fourth-order valence-corrected chi connectivity index (χ4v) is 3.54. The number of piperazine rings is 1. The number of nitrogens with zero attached hydrogens (tertiary/aromatic N) is 3. The molecule has 2 heterocycles. The summed E-state index contributed by atoms with van der Waals surface area (Å²) in [5.41, 5.74) is 9.75. The van der Waals surface area contributed by atoms with Gasteiger partial charge in [0.2, 0.25) is 5.88 Å². The van der Waals surface area contributed by atoms with Gasteiger partial charge in [0.15, 0.2) is 0 Å². The Bertz CT molecular complexity index is 872. The Hall–Kier alpha value is -2.80. The molecule has 176 valence electrons. The molecule has 0 bridgehead atoms. The van der Waals surface area contributed by atoms with Crippen LogP contribution in [0.15, 0.2) is 36.5 Å². The van der Waals surface area contributed by atoms with Crippen LogP contribution in [-0.2, 0) is 11.3 Å². The zero-order chi connectivity index (χ0) is 23.7. The zero-order valence-electron chi connectivity index (χ0n) is 20.4. The normalized spacial score (nSPS) is 13.8. The highest BCUT2D eigenvalue weighted by molar-refractivity contribution is 5.73. The summed E-state index contributed by atoms with van der Waals surface area (Å²) in [4.78, 5) is 20.7. The van der Waals surface area contributed by atoms with Gasteiger partial charge in [-0.1, -0.05) is 19.9 Å². The second-order valence-electron chi connectivity index (χ2n) is 8.29. The Morgan fingerprint density at radius 1 is 1.12 bits per heavy atom. The third-order valence-corrected chi connectivity index (χ3v) is 4.93. The van der Waals surface area contributed by atoms with Gasteiger partial charge in [-0.15, -0.1) is 0 Å². The van der Waals surface area contributed by atoms with Crippen molar-refractivity contribution >= 4 is 11.8 Å². The van der Waals surface area contributed by atoms with Gasteiger partial charge in [0.05, 0.1) is 6.61 Å². The Balaban J connectivity index is 0.00000176. The summed E-state index contributed by atoms with van der Waals surface area (Å²) >= 11 is 0. The van der Waals surface area contributed by atoms with Crippen LogP contribution >= 0.6 is 0 Å². The maximum Gasteiger partial charge on any atom is 0.410 e. The molecule has 0 radical (unpaired) electrons. The van der Waals surface area contributed by atoms with Crippen LogP contribution in [0.25, 0.3) is 11.1 Å². The van der Waals surface area contributed by atoms with Crippen molar-refractivity contribution in [1.82, 2.24) is 9.88 Å². The van der Waals surface area contributed by atoms with Crippen molar-refractivity contribution in [3.8, 4) is 17.0 Å². The van der Waals surface area contributed by atoms with Crippen LogP contribution in [0.2, 0.25) is 0 Å². The van der Waals surface area contributed by atoms with Crippen LogP contribution in [0.3, 0.4) is 0 Å². The molecular weight excluding hydrogens is 404 g/mol. The predicted molar refractivity (Wildman–Crippen MR) is 130 cm³/mol. The first kappa shape index (κ1) is 25.5. The summed E-state index contributed by atoms with van der Waals surface area (Å²) in [6, 6.07) is 10.2. The molecule has 1 saturated heterocycles. The first-order valence-corrected chi connectivity index (χ1v) is 11.5. The van der Waals surface area contributed by atoms with E-state index in [1.807, 2.05) is 53.7 Å². The van der Waals surface area contributed by atoms with Crippen molar-refractivity contribution in [3.63, 3.8) is 0 Å². The third kappa shape index (κ3) is 6.60. The SMILES string of the molecule is CC.CCOc1ncccc1-c1ccc(N2CCN(C(=O)OC(C)(C)C)CC2)c(CN)c1. The van der Waals surface area contributed by atoms with Crippen LogP contribution < -0.4 is 15.4 Å². The molecule has 0 spiro atoms. The molecule has 7 heteroatoms. The lowest BCUT2D eigenvalue weighted by Gasteiger charge is -2.37. The highest BCUT2D eigenvalue weighted by Crippen LogP contribution is 2.32. The summed E-state index contributed by atoms with van der Waals surface area (Å²) in [7, 11) is 0. The molecule has 1 aromatic heterocycles. The van der Waals surface area contributed by atoms with Crippen LogP contribution in [0.1, 0.15) is 47.1 Å². The van der Waals surface area contributed by atoms with Gasteiger partial charge in [0, 0.05) is 50.2 Å².